The van der Waals surface area contributed by atoms with E-state index in [0.717, 1.165) is 8.04 Å². The van der Waals surface area contributed by atoms with E-state index in [4.69, 9.17) is 19.9 Å². The Morgan fingerprint density at radius 1 is 1.42 bits per heavy atom. The van der Waals surface area contributed by atoms with E-state index >= 15 is 0 Å². The molecule has 0 aliphatic carbocycles. The molecule has 1 aromatic carbocycles. The smallest absolute Gasteiger partial charge is 0.338 e. The molecule has 1 atom stereocenters. The number of esters is 1. The molecular formula is C18H18BrIN2O4. The number of ether oxygens (including phenoxy) is 3. The van der Waals surface area contributed by atoms with Gasteiger partial charge in [-0.2, -0.15) is 5.26 Å². The van der Waals surface area contributed by atoms with Crippen LogP contribution in [0.2, 0.25) is 0 Å². The molecule has 1 aromatic rings. The fourth-order valence-electron chi connectivity index (χ4n) is 2.76. The lowest BCUT2D eigenvalue weighted by Crippen LogP contribution is -2.26. The standard InChI is InChI=1S/C18H18BrIN2O4/c1-4-24-16-11(6-10(19)7-13(16)20)15-12(8-21)17(22)26-9(3)14(15)18(23)25-5-2/h6-7,15H,4-5,22H2,1-3H3. The minimum atomic E-state index is -0.736. The molecule has 0 radical (unpaired) electrons. The summed E-state index contributed by atoms with van der Waals surface area (Å²) in [6.45, 7) is 5.86. The summed E-state index contributed by atoms with van der Waals surface area (Å²) >= 11 is 5.62. The molecule has 2 rings (SSSR count). The third-order valence-electron chi connectivity index (χ3n) is 3.74. The zero-order valence-corrected chi connectivity index (χ0v) is 18.3. The molecule has 2 N–H and O–H groups in total. The Kier molecular flexibility index (Phi) is 6.94. The van der Waals surface area contributed by atoms with E-state index in [2.05, 4.69) is 44.6 Å². The summed E-state index contributed by atoms with van der Waals surface area (Å²) in [6.07, 6.45) is 0. The summed E-state index contributed by atoms with van der Waals surface area (Å²) in [6, 6.07) is 5.79. The lowest BCUT2D eigenvalue weighted by Gasteiger charge is -2.28. The van der Waals surface area contributed by atoms with Crippen LogP contribution in [-0.4, -0.2) is 19.2 Å². The first-order valence-electron chi connectivity index (χ1n) is 7.92. The number of hydrogen-bond acceptors (Lipinski definition) is 6. The second-order valence-corrected chi connectivity index (χ2v) is 7.43. The van der Waals surface area contributed by atoms with Crippen molar-refractivity contribution in [1.29, 1.82) is 5.26 Å². The van der Waals surface area contributed by atoms with Crippen LogP contribution in [0.4, 0.5) is 0 Å². The monoisotopic (exact) mass is 532 g/mol. The number of nitrogens with zero attached hydrogens (tertiary/aromatic N) is 1. The molecule has 0 amide bonds. The number of nitriles is 1. The third kappa shape index (κ3) is 3.99. The summed E-state index contributed by atoms with van der Waals surface area (Å²) in [5, 5.41) is 9.67. The van der Waals surface area contributed by atoms with Crippen molar-refractivity contribution >= 4 is 44.5 Å². The summed E-state index contributed by atoms with van der Waals surface area (Å²) in [7, 11) is 0. The molecule has 8 heteroatoms. The summed E-state index contributed by atoms with van der Waals surface area (Å²) in [5.74, 6) is -0.408. The van der Waals surface area contributed by atoms with Crippen LogP contribution in [0.5, 0.6) is 5.75 Å². The van der Waals surface area contributed by atoms with Crippen LogP contribution in [0.25, 0.3) is 0 Å². The maximum absolute atomic E-state index is 12.6. The number of allylic oxidation sites excluding steroid dienone is 2. The second kappa shape index (κ2) is 8.77. The number of nitrogens with two attached hydrogens (primary N) is 1. The van der Waals surface area contributed by atoms with Gasteiger partial charge in [-0.3, -0.25) is 0 Å². The summed E-state index contributed by atoms with van der Waals surface area (Å²) in [4.78, 5) is 12.6. The van der Waals surface area contributed by atoms with Crippen molar-refractivity contribution in [3.05, 3.63) is 48.5 Å². The van der Waals surface area contributed by atoms with Crippen molar-refractivity contribution in [2.45, 2.75) is 26.7 Å². The van der Waals surface area contributed by atoms with Crippen molar-refractivity contribution < 1.29 is 19.0 Å². The molecule has 0 spiro atoms. The van der Waals surface area contributed by atoms with Gasteiger partial charge in [0.05, 0.1) is 28.3 Å². The van der Waals surface area contributed by atoms with E-state index in [1.165, 1.54) is 0 Å². The number of rotatable bonds is 5. The minimum absolute atomic E-state index is 0.0273. The van der Waals surface area contributed by atoms with Crippen molar-refractivity contribution in [1.82, 2.24) is 0 Å². The maximum atomic E-state index is 12.6. The fraction of sp³-hybridized carbons (Fsp3) is 0.333. The Balaban J connectivity index is 2.78. The first-order chi connectivity index (χ1) is 12.3. The number of carbonyl (C=O) groups is 1. The molecule has 1 heterocycles. The molecule has 1 aliphatic heterocycles. The highest BCUT2D eigenvalue weighted by atomic mass is 127. The van der Waals surface area contributed by atoms with Crippen molar-refractivity contribution in [3.8, 4) is 11.8 Å². The molecule has 0 bridgehead atoms. The van der Waals surface area contributed by atoms with Gasteiger partial charge >= 0.3 is 5.97 Å². The Morgan fingerprint density at radius 2 is 2.12 bits per heavy atom. The van der Waals surface area contributed by atoms with Gasteiger partial charge in [0.2, 0.25) is 5.88 Å². The van der Waals surface area contributed by atoms with E-state index < -0.39 is 11.9 Å². The predicted molar refractivity (Wildman–Crippen MR) is 108 cm³/mol. The molecule has 0 aromatic heterocycles. The highest BCUT2D eigenvalue weighted by Crippen LogP contribution is 2.45. The van der Waals surface area contributed by atoms with Crippen molar-refractivity contribution in [3.63, 3.8) is 0 Å². The molecule has 1 unspecified atom stereocenters. The maximum Gasteiger partial charge on any atom is 0.338 e. The number of benzene rings is 1. The van der Waals surface area contributed by atoms with Gasteiger partial charge < -0.3 is 19.9 Å². The molecule has 1 aliphatic rings. The highest BCUT2D eigenvalue weighted by Gasteiger charge is 2.38. The van der Waals surface area contributed by atoms with E-state index in [9.17, 15) is 10.1 Å². The largest absolute Gasteiger partial charge is 0.492 e. The zero-order chi connectivity index (χ0) is 19.4. The Hall–Kier alpha value is -1.73. The molecular weight excluding hydrogens is 515 g/mol. The first-order valence-corrected chi connectivity index (χ1v) is 9.79. The van der Waals surface area contributed by atoms with Gasteiger partial charge in [-0.15, -0.1) is 0 Å². The SMILES string of the molecule is CCOC(=O)C1=C(C)OC(N)=C(C#N)C1c1cc(Br)cc(I)c1OCC. The second-order valence-electron chi connectivity index (χ2n) is 5.35. The number of halogens is 2. The topological polar surface area (TPSA) is 94.6 Å². The fourth-order valence-corrected chi connectivity index (χ4v) is 4.46. The van der Waals surface area contributed by atoms with E-state index in [1.54, 1.807) is 13.8 Å². The number of hydrogen-bond donors (Lipinski definition) is 1. The molecule has 0 saturated carbocycles. The van der Waals surface area contributed by atoms with Gasteiger partial charge in [0.25, 0.3) is 0 Å². The van der Waals surface area contributed by atoms with Gasteiger partial charge in [-0.25, -0.2) is 4.79 Å². The van der Waals surface area contributed by atoms with Crippen LogP contribution >= 0.6 is 38.5 Å². The molecule has 6 nitrogen and oxygen atoms in total. The highest BCUT2D eigenvalue weighted by molar-refractivity contribution is 14.1. The van der Waals surface area contributed by atoms with Gasteiger partial charge in [-0.05, 0) is 55.5 Å². The van der Waals surface area contributed by atoms with Gasteiger partial charge in [0.1, 0.15) is 23.2 Å². The summed E-state index contributed by atoms with van der Waals surface area (Å²) < 4.78 is 18.1. The average molecular weight is 533 g/mol. The quantitative estimate of drug-likeness (QED) is 0.453. The lowest BCUT2D eigenvalue weighted by molar-refractivity contribution is -0.139. The first kappa shape index (κ1) is 20.6. The van der Waals surface area contributed by atoms with Gasteiger partial charge in [-0.1, -0.05) is 15.9 Å². The molecule has 0 fully saturated rings. The van der Waals surface area contributed by atoms with Crippen molar-refractivity contribution in [2.24, 2.45) is 5.73 Å². The normalized spacial score (nSPS) is 16.8. The third-order valence-corrected chi connectivity index (χ3v) is 5.00. The Bertz CT molecular complexity index is 842. The Morgan fingerprint density at radius 3 is 2.69 bits per heavy atom. The molecule has 26 heavy (non-hydrogen) atoms. The van der Waals surface area contributed by atoms with Crippen LogP contribution in [-0.2, 0) is 14.3 Å². The van der Waals surface area contributed by atoms with Crippen LogP contribution < -0.4 is 10.5 Å². The van der Waals surface area contributed by atoms with Gasteiger partial charge in [0, 0.05) is 10.0 Å². The Labute approximate surface area is 174 Å². The summed E-state index contributed by atoms with van der Waals surface area (Å²) in [5.41, 5.74) is 6.98. The van der Waals surface area contributed by atoms with Gasteiger partial charge in [0.15, 0.2) is 0 Å². The van der Waals surface area contributed by atoms with E-state index in [1.807, 2.05) is 19.1 Å². The van der Waals surface area contributed by atoms with Crippen molar-refractivity contribution in [2.75, 3.05) is 13.2 Å². The number of carbonyl (C=O) groups excluding carboxylic acids is 1. The average Bonchev–Trinajstić information content (AvgIpc) is 2.56. The molecule has 0 saturated heterocycles. The van der Waals surface area contributed by atoms with Crippen LogP contribution in [0.3, 0.4) is 0 Å². The van der Waals surface area contributed by atoms with Crippen LogP contribution in [0, 0.1) is 14.9 Å². The minimum Gasteiger partial charge on any atom is -0.492 e. The van der Waals surface area contributed by atoms with E-state index in [-0.39, 0.29) is 23.6 Å². The van der Waals surface area contributed by atoms with Crippen LogP contribution in [0.15, 0.2) is 39.4 Å². The zero-order valence-electron chi connectivity index (χ0n) is 14.6. The van der Waals surface area contributed by atoms with E-state index in [0.29, 0.717) is 23.7 Å². The lowest BCUT2D eigenvalue weighted by atomic mass is 9.82. The van der Waals surface area contributed by atoms with Crippen LogP contribution in [0.1, 0.15) is 32.3 Å². The molecule has 138 valence electrons. The predicted octanol–water partition coefficient (Wildman–Crippen LogP) is 4.10.